The summed E-state index contributed by atoms with van der Waals surface area (Å²) in [6, 6.07) is 2.42. The van der Waals surface area contributed by atoms with Crippen LogP contribution in [0.3, 0.4) is 0 Å². The third-order valence-corrected chi connectivity index (χ3v) is 2.51. The van der Waals surface area contributed by atoms with Crippen molar-refractivity contribution < 1.29 is 14.3 Å². The van der Waals surface area contributed by atoms with E-state index in [1.807, 2.05) is 20.8 Å². The second kappa shape index (κ2) is 3.55. The lowest BCUT2D eigenvalue weighted by Crippen LogP contribution is -2.12. The number of H-pyrrole nitrogens is 1. The summed E-state index contributed by atoms with van der Waals surface area (Å²) in [5, 5.41) is 8.81. The molecule has 0 spiro atoms. The van der Waals surface area contributed by atoms with Crippen molar-refractivity contribution in [1.29, 1.82) is 0 Å². The lowest BCUT2D eigenvalue weighted by molar-refractivity contribution is 0.0692. The van der Waals surface area contributed by atoms with Gasteiger partial charge in [0.2, 0.25) is 0 Å². The van der Waals surface area contributed by atoms with Crippen LogP contribution in [0.1, 0.15) is 37.0 Å². The van der Waals surface area contributed by atoms with E-state index in [-0.39, 0.29) is 11.0 Å². The van der Waals surface area contributed by atoms with E-state index in [1.165, 1.54) is 12.1 Å². The molecule has 2 N–H and O–H groups in total. The molecule has 0 unspecified atom stereocenters. The van der Waals surface area contributed by atoms with E-state index in [1.54, 1.807) is 0 Å². The number of imidazole rings is 1. The number of carboxylic acid groups (broad SMARTS) is 1. The second-order valence-corrected chi connectivity index (χ2v) is 4.99. The molecule has 0 aliphatic carbocycles. The minimum atomic E-state index is -1.29. The molecule has 90 valence electrons. The van der Waals surface area contributed by atoms with E-state index in [2.05, 4.69) is 9.97 Å². The van der Waals surface area contributed by atoms with Gasteiger partial charge in [0.25, 0.3) is 0 Å². The van der Waals surface area contributed by atoms with E-state index in [4.69, 9.17) is 5.11 Å². The van der Waals surface area contributed by atoms with Crippen molar-refractivity contribution >= 4 is 17.0 Å². The Balaban J connectivity index is 2.67. The van der Waals surface area contributed by atoms with Crippen LogP contribution in [-0.2, 0) is 5.41 Å². The Morgan fingerprint density at radius 1 is 1.41 bits per heavy atom. The molecule has 2 rings (SSSR count). The second-order valence-electron chi connectivity index (χ2n) is 4.99. The van der Waals surface area contributed by atoms with Gasteiger partial charge in [0.1, 0.15) is 11.6 Å². The van der Waals surface area contributed by atoms with Gasteiger partial charge in [-0.1, -0.05) is 20.8 Å². The zero-order valence-corrected chi connectivity index (χ0v) is 9.84. The van der Waals surface area contributed by atoms with Crippen LogP contribution in [0.4, 0.5) is 4.39 Å². The van der Waals surface area contributed by atoms with Crippen LogP contribution in [0.2, 0.25) is 0 Å². The van der Waals surface area contributed by atoms with Crippen molar-refractivity contribution in [1.82, 2.24) is 9.97 Å². The molecule has 0 amide bonds. The number of aromatic carboxylic acids is 1. The third kappa shape index (κ3) is 2.00. The van der Waals surface area contributed by atoms with Gasteiger partial charge in [-0.25, -0.2) is 14.2 Å². The number of benzene rings is 1. The molecule has 1 aromatic carbocycles. The van der Waals surface area contributed by atoms with Crippen LogP contribution >= 0.6 is 0 Å². The largest absolute Gasteiger partial charge is 0.478 e. The molecule has 0 saturated carbocycles. The summed E-state index contributed by atoms with van der Waals surface area (Å²) in [5.74, 6) is -1.34. The molecule has 0 aliphatic rings. The smallest absolute Gasteiger partial charge is 0.338 e. The van der Waals surface area contributed by atoms with E-state index in [0.29, 0.717) is 16.9 Å². The predicted molar refractivity (Wildman–Crippen MR) is 61.7 cm³/mol. The van der Waals surface area contributed by atoms with Gasteiger partial charge < -0.3 is 10.1 Å². The molecule has 17 heavy (non-hydrogen) atoms. The number of hydrogen-bond acceptors (Lipinski definition) is 2. The third-order valence-electron chi connectivity index (χ3n) is 2.51. The summed E-state index contributed by atoms with van der Waals surface area (Å²) in [4.78, 5) is 18.1. The number of halogens is 1. The lowest BCUT2D eigenvalue weighted by Gasteiger charge is -2.13. The summed E-state index contributed by atoms with van der Waals surface area (Å²) in [6.45, 7) is 5.91. The number of aromatic amines is 1. The predicted octanol–water partition coefficient (Wildman–Crippen LogP) is 2.70. The molecule has 0 atom stereocenters. The Bertz CT molecular complexity index is 596. The van der Waals surface area contributed by atoms with E-state index in [0.717, 1.165) is 0 Å². The van der Waals surface area contributed by atoms with Crippen LogP contribution in [0, 0.1) is 5.82 Å². The number of nitrogens with one attached hydrogen (secondary N) is 1. The van der Waals surface area contributed by atoms with Gasteiger partial charge in [-0.3, -0.25) is 0 Å². The Morgan fingerprint density at radius 2 is 2.06 bits per heavy atom. The molecule has 0 fully saturated rings. The highest BCUT2D eigenvalue weighted by Gasteiger charge is 2.20. The first-order valence-corrected chi connectivity index (χ1v) is 5.22. The molecular weight excluding hydrogens is 223 g/mol. The molecule has 0 bridgehead atoms. The maximum Gasteiger partial charge on any atom is 0.338 e. The fourth-order valence-corrected chi connectivity index (χ4v) is 1.55. The molecular formula is C12H13FN2O2. The maximum atomic E-state index is 13.4. The van der Waals surface area contributed by atoms with Gasteiger partial charge in [-0.05, 0) is 6.07 Å². The summed E-state index contributed by atoms with van der Waals surface area (Å²) in [7, 11) is 0. The summed E-state index contributed by atoms with van der Waals surface area (Å²) >= 11 is 0. The highest BCUT2D eigenvalue weighted by molar-refractivity contribution is 5.92. The van der Waals surface area contributed by atoms with Gasteiger partial charge >= 0.3 is 5.97 Å². The lowest BCUT2D eigenvalue weighted by atomic mass is 9.96. The molecule has 1 heterocycles. The van der Waals surface area contributed by atoms with Crippen molar-refractivity contribution in [2.24, 2.45) is 0 Å². The van der Waals surface area contributed by atoms with Crippen LogP contribution in [0.5, 0.6) is 0 Å². The quantitative estimate of drug-likeness (QED) is 0.800. The fourth-order valence-electron chi connectivity index (χ4n) is 1.55. The molecule has 2 aromatic rings. The van der Waals surface area contributed by atoms with Gasteiger partial charge in [-0.15, -0.1) is 0 Å². The van der Waals surface area contributed by atoms with Crippen LogP contribution in [0.25, 0.3) is 11.0 Å². The molecule has 5 heteroatoms. The number of nitrogens with zero attached hydrogens (tertiary/aromatic N) is 1. The minimum absolute atomic E-state index is 0.196. The topological polar surface area (TPSA) is 66.0 Å². The number of rotatable bonds is 1. The first-order valence-electron chi connectivity index (χ1n) is 5.22. The standard InChI is InChI=1S/C12H13FN2O2/c1-12(2,3)11-14-8-4-6(10(16)17)7(13)5-9(8)15-11/h4-5H,1-3H3,(H,14,15)(H,16,17). The molecule has 0 saturated heterocycles. The number of aromatic nitrogens is 2. The van der Waals surface area contributed by atoms with Crippen molar-refractivity contribution in [3.8, 4) is 0 Å². The molecule has 1 aromatic heterocycles. The first-order chi connectivity index (χ1) is 7.79. The van der Waals surface area contributed by atoms with Gasteiger partial charge in [0.05, 0.1) is 16.6 Å². The zero-order chi connectivity index (χ0) is 12.8. The Morgan fingerprint density at radius 3 is 2.59 bits per heavy atom. The summed E-state index contributed by atoms with van der Waals surface area (Å²) < 4.78 is 13.4. The number of hydrogen-bond donors (Lipinski definition) is 2. The monoisotopic (exact) mass is 236 g/mol. The maximum absolute atomic E-state index is 13.4. The Labute approximate surface area is 97.5 Å². The Hall–Kier alpha value is -1.91. The average Bonchev–Trinajstić information content (AvgIpc) is 2.58. The van der Waals surface area contributed by atoms with Crippen LogP contribution < -0.4 is 0 Å². The van der Waals surface area contributed by atoms with E-state index in [9.17, 15) is 9.18 Å². The van der Waals surface area contributed by atoms with Crippen LogP contribution in [-0.4, -0.2) is 21.0 Å². The number of fused-ring (bicyclic) bond motifs is 1. The highest BCUT2D eigenvalue weighted by atomic mass is 19.1. The average molecular weight is 236 g/mol. The molecule has 0 aliphatic heterocycles. The zero-order valence-electron chi connectivity index (χ0n) is 9.84. The fraction of sp³-hybridized carbons (Fsp3) is 0.333. The normalized spacial score (nSPS) is 12.0. The van der Waals surface area contributed by atoms with Crippen LogP contribution in [0.15, 0.2) is 12.1 Å². The molecule has 0 radical (unpaired) electrons. The van der Waals surface area contributed by atoms with Gasteiger partial charge in [0.15, 0.2) is 0 Å². The Kier molecular flexibility index (Phi) is 2.41. The van der Waals surface area contributed by atoms with E-state index < -0.39 is 11.8 Å². The van der Waals surface area contributed by atoms with Gasteiger partial charge in [-0.2, -0.15) is 0 Å². The number of carboxylic acids is 1. The van der Waals surface area contributed by atoms with Crippen molar-refractivity contribution in [2.75, 3.05) is 0 Å². The van der Waals surface area contributed by atoms with Crippen molar-refractivity contribution in [3.05, 3.63) is 29.3 Å². The SMILES string of the molecule is CC(C)(C)c1nc2cc(C(=O)O)c(F)cc2[nH]1. The van der Waals surface area contributed by atoms with Crippen molar-refractivity contribution in [2.45, 2.75) is 26.2 Å². The van der Waals surface area contributed by atoms with Crippen molar-refractivity contribution in [3.63, 3.8) is 0 Å². The van der Waals surface area contributed by atoms with Gasteiger partial charge in [0, 0.05) is 11.5 Å². The summed E-state index contributed by atoms with van der Waals surface area (Å²) in [6.07, 6.45) is 0. The highest BCUT2D eigenvalue weighted by Crippen LogP contribution is 2.24. The number of carbonyl (C=O) groups is 1. The molecule has 4 nitrogen and oxygen atoms in total. The minimum Gasteiger partial charge on any atom is -0.478 e. The first kappa shape index (κ1) is 11.6. The van der Waals surface area contributed by atoms with E-state index >= 15 is 0 Å². The summed E-state index contributed by atoms with van der Waals surface area (Å²) in [5.41, 5.74) is 0.425.